The van der Waals surface area contributed by atoms with Crippen LogP contribution in [0.1, 0.15) is 6.92 Å². The predicted octanol–water partition coefficient (Wildman–Crippen LogP) is 1.18. The minimum Gasteiger partial charge on any atom is -0.329 e. The number of hydrogen-bond donors (Lipinski definition) is 2. The standard InChI is InChI=1S/C6H13F3N2S/c1-5(4-10)11-2-3-12-6(7,8)9/h5,11H,2-4,10H2,1H3. The second kappa shape index (κ2) is 5.66. The fraction of sp³-hybridized carbons (Fsp3) is 1.00. The van der Waals surface area contributed by atoms with Crippen LogP contribution in [0, 0.1) is 0 Å². The molecule has 0 aliphatic carbocycles. The van der Waals surface area contributed by atoms with Crippen LogP contribution >= 0.6 is 11.8 Å². The second-order valence-corrected chi connectivity index (χ2v) is 3.54. The monoisotopic (exact) mass is 202 g/mol. The van der Waals surface area contributed by atoms with Crippen molar-refractivity contribution in [3.63, 3.8) is 0 Å². The first-order valence-corrected chi connectivity index (χ1v) is 4.58. The van der Waals surface area contributed by atoms with Gasteiger partial charge in [-0.3, -0.25) is 0 Å². The Hall–Kier alpha value is 0.0600. The first kappa shape index (κ1) is 12.1. The third kappa shape index (κ3) is 8.16. The van der Waals surface area contributed by atoms with Gasteiger partial charge in [0.15, 0.2) is 0 Å². The fourth-order valence-corrected chi connectivity index (χ4v) is 1.01. The van der Waals surface area contributed by atoms with Crippen LogP contribution in [0.15, 0.2) is 0 Å². The van der Waals surface area contributed by atoms with Gasteiger partial charge < -0.3 is 11.1 Å². The van der Waals surface area contributed by atoms with E-state index in [9.17, 15) is 13.2 Å². The van der Waals surface area contributed by atoms with E-state index in [1.165, 1.54) is 0 Å². The van der Waals surface area contributed by atoms with Gasteiger partial charge in [0, 0.05) is 24.9 Å². The summed E-state index contributed by atoms with van der Waals surface area (Å²) in [6.07, 6.45) is 0. The molecule has 1 atom stereocenters. The van der Waals surface area contributed by atoms with Gasteiger partial charge in [-0.2, -0.15) is 13.2 Å². The van der Waals surface area contributed by atoms with Crippen molar-refractivity contribution in [2.75, 3.05) is 18.8 Å². The van der Waals surface area contributed by atoms with E-state index in [0.29, 0.717) is 13.1 Å². The van der Waals surface area contributed by atoms with E-state index < -0.39 is 5.51 Å². The molecule has 0 aromatic heterocycles. The smallest absolute Gasteiger partial charge is 0.329 e. The molecule has 0 bridgehead atoms. The molecule has 0 aliphatic rings. The Morgan fingerprint density at radius 2 is 2.08 bits per heavy atom. The maximum atomic E-state index is 11.6. The van der Waals surface area contributed by atoms with E-state index in [-0.39, 0.29) is 23.6 Å². The number of hydrogen-bond acceptors (Lipinski definition) is 3. The van der Waals surface area contributed by atoms with Crippen molar-refractivity contribution in [3.05, 3.63) is 0 Å². The van der Waals surface area contributed by atoms with Crippen molar-refractivity contribution in [2.45, 2.75) is 18.5 Å². The molecule has 0 saturated carbocycles. The molecule has 0 rings (SSSR count). The van der Waals surface area contributed by atoms with Crippen LogP contribution in [-0.4, -0.2) is 30.4 Å². The quantitative estimate of drug-likeness (QED) is 0.657. The van der Waals surface area contributed by atoms with Crippen molar-refractivity contribution in [2.24, 2.45) is 5.73 Å². The maximum absolute atomic E-state index is 11.6. The molecule has 0 radical (unpaired) electrons. The van der Waals surface area contributed by atoms with E-state index >= 15 is 0 Å². The molecule has 0 aromatic rings. The zero-order valence-electron chi connectivity index (χ0n) is 6.82. The largest absolute Gasteiger partial charge is 0.441 e. The summed E-state index contributed by atoms with van der Waals surface area (Å²) in [7, 11) is 0. The Balaban J connectivity index is 3.22. The summed E-state index contributed by atoms with van der Waals surface area (Å²) in [5.74, 6) is 0.0356. The summed E-state index contributed by atoms with van der Waals surface area (Å²) in [6.45, 7) is 2.61. The molecule has 0 fully saturated rings. The van der Waals surface area contributed by atoms with Crippen LogP contribution in [-0.2, 0) is 0 Å². The summed E-state index contributed by atoms with van der Waals surface area (Å²) in [5, 5.41) is 2.86. The zero-order valence-corrected chi connectivity index (χ0v) is 7.63. The summed E-state index contributed by atoms with van der Waals surface area (Å²) < 4.78 is 34.7. The Labute approximate surface area is 74.1 Å². The lowest BCUT2D eigenvalue weighted by Gasteiger charge is -2.11. The second-order valence-electron chi connectivity index (χ2n) is 2.39. The van der Waals surface area contributed by atoms with Gasteiger partial charge >= 0.3 is 5.51 Å². The molecule has 0 saturated heterocycles. The molecule has 0 amide bonds. The number of alkyl halides is 3. The summed E-state index contributed by atoms with van der Waals surface area (Å²) in [6, 6.07) is 0.0823. The minimum absolute atomic E-state index is 0.0173. The Morgan fingerprint density at radius 3 is 2.50 bits per heavy atom. The van der Waals surface area contributed by atoms with E-state index in [1.807, 2.05) is 6.92 Å². The molecule has 2 nitrogen and oxygen atoms in total. The molecule has 1 unspecified atom stereocenters. The molecular weight excluding hydrogens is 189 g/mol. The number of nitrogens with one attached hydrogen (secondary N) is 1. The van der Waals surface area contributed by atoms with Gasteiger partial charge in [0.25, 0.3) is 0 Å². The molecule has 0 spiro atoms. The topological polar surface area (TPSA) is 38.0 Å². The number of nitrogens with two attached hydrogens (primary N) is 1. The van der Waals surface area contributed by atoms with Gasteiger partial charge in [0.05, 0.1) is 0 Å². The van der Waals surface area contributed by atoms with Crippen LogP contribution in [0.3, 0.4) is 0 Å². The third-order valence-corrected chi connectivity index (χ3v) is 1.95. The Kier molecular flexibility index (Phi) is 5.69. The highest BCUT2D eigenvalue weighted by molar-refractivity contribution is 8.00. The predicted molar refractivity (Wildman–Crippen MR) is 45.0 cm³/mol. The molecular formula is C6H13F3N2S. The van der Waals surface area contributed by atoms with Crippen molar-refractivity contribution in [1.82, 2.24) is 5.32 Å². The van der Waals surface area contributed by atoms with E-state index in [1.54, 1.807) is 0 Å². The lowest BCUT2D eigenvalue weighted by Crippen LogP contribution is -2.34. The highest BCUT2D eigenvalue weighted by Gasteiger charge is 2.27. The Bertz CT molecular complexity index is 118. The van der Waals surface area contributed by atoms with Crippen LogP contribution in [0.25, 0.3) is 0 Å². The van der Waals surface area contributed by atoms with Crippen molar-refractivity contribution in [1.29, 1.82) is 0 Å². The van der Waals surface area contributed by atoms with Crippen LogP contribution in [0.4, 0.5) is 13.2 Å². The van der Waals surface area contributed by atoms with Crippen molar-refractivity contribution >= 4 is 11.8 Å². The van der Waals surface area contributed by atoms with Gasteiger partial charge in [-0.25, -0.2) is 0 Å². The highest BCUT2D eigenvalue weighted by atomic mass is 32.2. The summed E-state index contributed by atoms with van der Waals surface area (Å²) in [4.78, 5) is 0. The number of rotatable bonds is 5. The Morgan fingerprint density at radius 1 is 1.50 bits per heavy atom. The van der Waals surface area contributed by atoms with E-state index in [4.69, 9.17) is 5.73 Å². The zero-order chi connectivity index (χ0) is 9.61. The average Bonchev–Trinajstić information content (AvgIpc) is 1.96. The lowest BCUT2D eigenvalue weighted by atomic mass is 10.3. The summed E-state index contributed by atoms with van der Waals surface area (Å²) >= 11 is -0.0173. The molecule has 12 heavy (non-hydrogen) atoms. The third-order valence-electron chi connectivity index (χ3n) is 1.21. The average molecular weight is 202 g/mol. The first-order chi connectivity index (χ1) is 5.45. The van der Waals surface area contributed by atoms with Crippen molar-refractivity contribution < 1.29 is 13.2 Å². The maximum Gasteiger partial charge on any atom is 0.441 e. The van der Waals surface area contributed by atoms with E-state index in [0.717, 1.165) is 0 Å². The van der Waals surface area contributed by atoms with E-state index in [2.05, 4.69) is 5.32 Å². The molecule has 74 valence electrons. The first-order valence-electron chi connectivity index (χ1n) is 3.60. The SMILES string of the molecule is CC(CN)NCCSC(F)(F)F. The normalized spacial score (nSPS) is 14.8. The molecule has 3 N–H and O–H groups in total. The molecule has 6 heteroatoms. The van der Waals surface area contributed by atoms with Crippen LogP contribution < -0.4 is 11.1 Å². The van der Waals surface area contributed by atoms with Gasteiger partial charge in [0.2, 0.25) is 0 Å². The summed E-state index contributed by atoms with van der Waals surface area (Å²) in [5.41, 5.74) is 1.13. The van der Waals surface area contributed by atoms with Gasteiger partial charge in [-0.05, 0) is 18.7 Å². The lowest BCUT2D eigenvalue weighted by molar-refractivity contribution is -0.0327. The molecule has 0 aliphatic heterocycles. The fourth-order valence-electron chi connectivity index (χ4n) is 0.555. The van der Waals surface area contributed by atoms with Gasteiger partial charge in [-0.15, -0.1) is 0 Å². The minimum atomic E-state index is -4.12. The number of thioether (sulfide) groups is 1. The number of halogens is 3. The van der Waals surface area contributed by atoms with Crippen LogP contribution in [0.5, 0.6) is 0 Å². The van der Waals surface area contributed by atoms with Crippen LogP contribution in [0.2, 0.25) is 0 Å². The van der Waals surface area contributed by atoms with Gasteiger partial charge in [0.1, 0.15) is 0 Å². The highest BCUT2D eigenvalue weighted by Crippen LogP contribution is 2.29. The van der Waals surface area contributed by atoms with Gasteiger partial charge in [-0.1, -0.05) is 0 Å². The molecule has 0 heterocycles. The molecule has 0 aromatic carbocycles. The van der Waals surface area contributed by atoms with Crippen molar-refractivity contribution in [3.8, 4) is 0 Å².